The molecule has 0 aliphatic rings. The fourth-order valence-electron chi connectivity index (χ4n) is 1.00. The van der Waals surface area contributed by atoms with Crippen molar-refractivity contribution in [2.45, 2.75) is 13.3 Å². The van der Waals surface area contributed by atoms with E-state index in [1.165, 1.54) is 6.07 Å². The standard InChI is InChI=1S/C9H8F2INO2/c1-2-15-9(14)6-4-13-7(12)3-5(6)8(10)11/h3-4,8H,2H2,1H3. The number of pyridine rings is 1. The maximum absolute atomic E-state index is 12.6. The van der Waals surface area contributed by atoms with E-state index < -0.39 is 12.4 Å². The van der Waals surface area contributed by atoms with Gasteiger partial charge in [-0.15, -0.1) is 0 Å². The average molecular weight is 327 g/mol. The predicted octanol–water partition coefficient (Wildman–Crippen LogP) is 2.80. The maximum Gasteiger partial charge on any atom is 0.340 e. The van der Waals surface area contributed by atoms with E-state index in [-0.39, 0.29) is 17.7 Å². The smallest absolute Gasteiger partial charge is 0.340 e. The molecular weight excluding hydrogens is 319 g/mol. The zero-order valence-corrected chi connectivity index (χ0v) is 9.99. The second kappa shape index (κ2) is 5.34. The first-order valence-electron chi connectivity index (χ1n) is 4.17. The number of carbonyl (C=O) groups is 1. The van der Waals surface area contributed by atoms with Gasteiger partial charge >= 0.3 is 5.97 Å². The van der Waals surface area contributed by atoms with Crippen molar-refractivity contribution in [2.24, 2.45) is 0 Å². The van der Waals surface area contributed by atoms with Crippen LogP contribution in [0.4, 0.5) is 8.78 Å². The van der Waals surface area contributed by atoms with Gasteiger partial charge in [-0.1, -0.05) is 0 Å². The summed E-state index contributed by atoms with van der Waals surface area (Å²) < 4.78 is 30.2. The van der Waals surface area contributed by atoms with Gasteiger partial charge in [0.05, 0.1) is 12.2 Å². The van der Waals surface area contributed by atoms with Crippen LogP contribution in [0.2, 0.25) is 0 Å². The molecule has 0 aromatic carbocycles. The Bertz CT molecular complexity index is 371. The molecule has 1 aromatic rings. The highest BCUT2D eigenvalue weighted by Crippen LogP contribution is 2.24. The molecule has 0 fully saturated rings. The summed E-state index contributed by atoms with van der Waals surface area (Å²) >= 11 is 1.80. The number of halogens is 3. The molecule has 1 heterocycles. The topological polar surface area (TPSA) is 39.2 Å². The first-order chi connectivity index (χ1) is 7.06. The number of carbonyl (C=O) groups excluding carboxylic acids is 1. The molecule has 82 valence electrons. The summed E-state index contributed by atoms with van der Waals surface area (Å²) in [5, 5.41) is 0. The highest BCUT2D eigenvalue weighted by molar-refractivity contribution is 14.1. The lowest BCUT2D eigenvalue weighted by molar-refractivity contribution is 0.0515. The van der Waals surface area contributed by atoms with Crippen molar-refractivity contribution >= 4 is 28.6 Å². The molecule has 15 heavy (non-hydrogen) atoms. The van der Waals surface area contributed by atoms with Crippen molar-refractivity contribution in [1.82, 2.24) is 4.98 Å². The molecule has 0 N–H and O–H groups in total. The van der Waals surface area contributed by atoms with Crippen LogP contribution in [0.5, 0.6) is 0 Å². The molecule has 0 bridgehead atoms. The number of ether oxygens (including phenoxy) is 1. The zero-order valence-electron chi connectivity index (χ0n) is 7.84. The third-order valence-corrected chi connectivity index (χ3v) is 2.22. The van der Waals surface area contributed by atoms with Gasteiger partial charge in [-0.25, -0.2) is 18.6 Å². The number of nitrogens with zero attached hydrogens (tertiary/aromatic N) is 1. The largest absolute Gasteiger partial charge is 0.462 e. The van der Waals surface area contributed by atoms with E-state index in [1.54, 1.807) is 29.5 Å². The van der Waals surface area contributed by atoms with Crippen LogP contribution in [-0.4, -0.2) is 17.6 Å². The Morgan fingerprint density at radius 1 is 1.67 bits per heavy atom. The van der Waals surface area contributed by atoms with Crippen LogP contribution in [0.3, 0.4) is 0 Å². The number of aromatic nitrogens is 1. The lowest BCUT2D eigenvalue weighted by atomic mass is 10.1. The lowest BCUT2D eigenvalue weighted by Gasteiger charge is -2.07. The molecule has 1 rings (SSSR count). The molecule has 3 nitrogen and oxygen atoms in total. The summed E-state index contributed by atoms with van der Waals surface area (Å²) in [7, 11) is 0. The Kier molecular flexibility index (Phi) is 4.37. The summed E-state index contributed by atoms with van der Waals surface area (Å²) in [6, 6.07) is 1.18. The summed E-state index contributed by atoms with van der Waals surface area (Å²) in [5.41, 5.74) is -0.514. The van der Waals surface area contributed by atoms with Gasteiger partial charge in [-0.3, -0.25) is 0 Å². The quantitative estimate of drug-likeness (QED) is 0.487. The van der Waals surface area contributed by atoms with E-state index in [0.717, 1.165) is 6.20 Å². The van der Waals surface area contributed by atoms with Crippen molar-refractivity contribution in [3.63, 3.8) is 0 Å². The van der Waals surface area contributed by atoms with Crippen LogP contribution in [0.15, 0.2) is 12.3 Å². The van der Waals surface area contributed by atoms with Crippen LogP contribution in [-0.2, 0) is 4.74 Å². The van der Waals surface area contributed by atoms with Crippen LogP contribution in [0.25, 0.3) is 0 Å². The van der Waals surface area contributed by atoms with Crippen molar-refractivity contribution in [3.05, 3.63) is 27.1 Å². The Hall–Kier alpha value is -0.790. The first kappa shape index (κ1) is 12.3. The highest BCUT2D eigenvalue weighted by atomic mass is 127. The van der Waals surface area contributed by atoms with E-state index in [9.17, 15) is 13.6 Å². The van der Waals surface area contributed by atoms with Gasteiger partial charge in [0.15, 0.2) is 0 Å². The number of hydrogen-bond acceptors (Lipinski definition) is 3. The van der Waals surface area contributed by atoms with Crippen LogP contribution in [0.1, 0.15) is 29.3 Å². The molecule has 1 aromatic heterocycles. The molecule has 0 spiro atoms. The molecule has 0 unspecified atom stereocenters. The summed E-state index contributed by atoms with van der Waals surface area (Å²) in [4.78, 5) is 15.1. The normalized spacial score (nSPS) is 10.5. The predicted molar refractivity (Wildman–Crippen MR) is 57.9 cm³/mol. The monoisotopic (exact) mass is 327 g/mol. The second-order valence-corrected chi connectivity index (χ2v) is 3.72. The van der Waals surface area contributed by atoms with Crippen LogP contribution >= 0.6 is 22.6 Å². The molecular formula is C9H8F2INO2. The number of alkyl halides is 2. The van der Waals surface area contributed by atoms with Gasteiger partial charge < -0.3 is 4.74 Å². The van der Waals surface area contributed by atoms with Gasteiger partial charge in [-0.2, -0.15) is 0 Å². The second-order valence-electron chi connectivity index (χ2n) is 2.62. The third-order valence-electron chi connectivity index (χ3n) is 1.63. The minimum absolute atomic E-state index is 0.146. The summed E-state index contributed by atoms with van der Waals surface area (Å²) in [5.74, 6) is -0.767. The molecule has 0 saturated carbocycles. The highest BCUT2D eigenvalue weighted by Gasteiger charge is 2.20. The first-order valence-corrected chi connectivity index (χ1v) is 5.24. The zero-order chi connectivity index (χ0) is 11.4. The number of esters is 1. The summed E-state index contributed by atoms with van der Waals surface area (Å²) in [6.07, 6.45) is -1.60. The Balaban J connectivity index is 3.11. The SMILES string of the molecule is CCOC(=O)c1cnc(I)cc1C(F)F. The van der Waals surface area contributed by atoms with Crippen molar-refractivity contribution in [3.8, 4) is 0 Å². The average Bonchev–Trinajstić information content (AvgIpc) is 2.17. The number of rotatable bonds is 3. The molecule has 6 heteroatoms. The Labute approximate surface area is 99.0 Å². The molecule has 0 atom stereocenters. The van der Waals surface area contributed by atoms with Crippen LogP contribution in [0, 0.1) is 3.70 Å². The molecule has 0 aliphatic carbocycles. The van der Waals surface area contributed by atoms with E-state index in [4.69, 9.17) is 0 Å². The van der Waals surface area contributed by atoms with Crippen molar-refractivity contribution < 1.29 is 18.3 Å². The minimum Gasteiger partial charge on any atom is -0.462 e. The lowest BCUT2D eigenvalue weighted by Crippen LogP contribution is -2.09. The van der Waals surface area contributed by atoms with Crippen LogP contribution < -0.4 is 0 Å². The fraction of sp³-hybridized carbons (Fsp3) is 0.333. The Morgan fingerprint density at radius 2 is 2.33 bits per heavy atom. The third kappa shape index (κ3) is 3.08. The maximum atomic E-state index is 12.6. The van der Waals surface area contributed by atoms with Gasteiger partial charge in [0.25, 0.3) is 6.43 Å². The summed E-state index contributed by atoms with van der Waals surface area (Å²) in [6.45, 7) is 1.76. The van der Waals surface area contributed by atoms with Gasteiger partial charge in [-0.05, 0) is 35.6 Å². The molecule has 0 amide bonds. The van der Waals surface area contributed by atoms with Crippen molar-refractivity contribution in [1.29, 1.82) is 0 Å². The van der Waals surface area contributed by atoms with E-state index in [0.29, 0.717) is 3.70 Å². The van der Waals surface area contributed by atoms with Gasteiger partial charge in [0, 0.05) is 11.8 Å². The van der Waals surface area contributed by atoms with Gasteiger partial charge in [0.2, 0.25) is 0 Å². The molecule has 0 saturated heterocycles. The van der Waals surface area contributed by atoms with E-state index in [1.807, 2.05) is 0 Å². The van der Waals surface area contributed by atoms with Crippen molar-refractivity contribution in [2.75, 3.05) is 6.61 Å². The fourth-order valence-corrected chi connectivity index (χ4v) is 1.48. The molecule has 0 radical (unpaired) electrons. The molecule has 0 aliphatic heterocycles. The van der Waals surface area contributed by atoms with E-state index in [2.05, 4.69) is 9.72 Å². The minimum atomic E-state index is -2.71. The van der Waals surface area contributed by atoms with Gasteiger partial charge in [0.1, 0.15) is 3.70 Å². The Morgan fingerprint density at radius 3 is 2.87 bits per heavy atom. The number of hydrogen-bond donors (Lipinski definition) is 0. The van der Waals surface area contributed by atoms with E-state index >= 15 is 0 Å².